The minimum absolute atomic E-state index is 0.0123. The zero-order valence-corrected chi connectivity index (χ0v) is 20.2. The average molecular weight is 507 g/mol. The molecule has 1 aliphatic rings. The molecule has 0 aliphatic carbocycles. The molecule has 1 atom stereocenters. The molecule has 188 valence electrons. The van der Waals surface area contributed by atoms with E-state index in [-0.39, 0.29) is 29.2 Å². The van der Waals surface area contributed by atoms with Gasteiger partial charge in [0.05, 0.1) is 11.1 Å². The summed E-state index contributed by atoms with van der Waals surface area (Å²) in [4.78, 5) is 19.3. The van der Waals surface area contributed by atoms with Gasteiger partial charge < -0.3 is 19.8 Å². The second-order valence-electron chi connectivity index (χ2n) is 9.12. The number of halogens is 1. The SMILES string of the molecule is O=C1c2c(c(OC(c3ccccc3)c3ccccc3)c3ncccc3c2O)C(O)N1Cc1ccc(F)cc1. The van der Waals surface area contributed by atoms with Crippen LogP contribution in [0.5, 0.6) is 11.5 Å². The van der Waals surface area contributed by atoms with Crippen LogP contribution in [-0.4, -0.2) is 26.0 Å². The number of aromatic nitrogens is 1. The summed E-state index contributed by atoms with van der Waals surface area (Å²) < 4.78 is 20.1. The molecule has 1 aliphatic heterocycles. The van der Waals surface area contributed by atoms with Crippen LogP contribution in [0.15, 0.2) is 103 Å². The molecule has 0 spiro atoms. The molecule has 6 nitrogen and oxygen atoms in total. The number of aliphatic hydroxyl groups excluding tert-OH is 1. The summed E-state index contributed by atoms with van der Waals surface area (Å²) in [6.07, 6.45) is -0.424. The highest BCUT2D eigenvalue weighted by atomic mass is 19.1. The first-order valence-corrected chi connectivity index (χ1v) is 12.2. The highest BCUT2D eigenvalue weighted by molar-refractivity contribution is 6.09. The van der Waals surface area contributed by atoms with Crippen LogP contribution < -0.4 is 4.74 Å². The van der Waals surface area contributed by atoms with Crippen LogP contribution in [-0.2, 0) is 6.54 Å². The number of hydrogen-bond donors (Lipinski definition) is 2. The van der Waals surface area contributed by atoms with Crippen LogP contribution in [0.25, 0.3) is 10.9 Å². The zero-order valence-electron chi connectivity index (χ0n) is 20.2. The van der Waals surface area contributed by atoms with Gasteiger partial charge in [-0.25, -0.2) is 4.39 Å². The summed E-state index contributed by atoms with van der Waals surface area (Å²) in [5.41, 5.74) is 2.81. The van der Waals surface area contributed by atoms with Crippen LogP contribution in [0, 0.1) is 5.82 Å². The van der Waals surface area contributed by atoms with Crippen molar-refractivity contribution in [3.8, 4) is 11.5 Å². The number of pyridine rings is 1. The fourth-order valence-electron chi connectivity index (χ4n) is 4.92. The molecule has 4 aromatic carbocycles. The van der Waals surface area contributed by atoms with Crippen LogP contribution in [0.2, 0.25) is 0 Å². The van der Waals surface area contributed by atoms with Gasteiger partial charge in [0.15, 0.2) is 12.0 Å². The molecule has 1 amide bonds. The van der Waals surface area contributed by atoms with E-state index in [2.05, 4.69) is 4.98 Å². The lowest BCUT2D eigenvalue weighted by atomic mass is 9.99. The average Bonchev–Trinajstić information content (AvgIpc) is 3.20. The maximum atomic E-state index is 13.6. The number of aromatic hydroxyl groups is 1. The Bertz CT molecular complexity index is 1590. The van der Waals surface area contributed by atoms with Crippen molar-refractivity contribution in [2.45, 2.75) is 18.9 Å². The lowest BCUT2D eigenvalue weighted by molar-refractivity contribution is 0.0124. The summed E-state index contributed by atoms with van der Waals surface area (Å²) in [5.74, 6) is -1.00. The Kier molecular flexibility index (Phi) is 5.98. The van der Waals surface area contributed by atoms with E-state index in [4.69, 9.17) is 4.74 Å². The zero-order chi connectivity index (χ0) is 26.2. The quantitative estimate of drug-likeness (QED) is 0.300. The number of carbonyl (C=O) groups excluding carboxylic acids is 1. The second-order valence-corrected chi connectivity index (χ2v) is 9.12. The third-order valence-corrected chi connectivity index (χ3v) is 6.76. The predicted octanol–water partition coefficient (Wildman–Crippen LogP) is 5.89. The molecule has 0 bridgehead atoms. The molecule has 38 heavy (non-hydrogen) atoms. The van der Waals surface area contributed by atoms with Crippen molar-refractivity contribution in [2.24, 2.45) is 0 Å². The van der Waals surface area contributed by atoms with E-state index in [1.165, 1.54) is 17.0 Å². The molecule has 1 unspecified atom stereocenters. The number of aliphatic hydroxyl groups is 1. The van der Waals surface area contributed by atoms with Crippen LogP contribution in [0.3, 0.4) is 0 Å². The molecule has 2 N–H and O–H groups in total. The van der Waals surface area contributed by atoms with Crippen molar-refractivity contribution in [2.75, 3.05) is 0 Å². The largest absolute Gasteiger partial charge is 0.506 e. The molecule has 7 heteroatoms. The van der Waals surface area contributed by atoms with E-state index in [1.54, 1.807) is 30.5 Å². The Morgan fingerprint density at radius 3 is 2.16 bits per heavy atom. The van der Waals surface area contributed by atoms with Crippen molar-refractivity contribution in [1.82, 2.24) is 9.88 Å². The van der Waals surface area contributed by atoms with Gasteiger partial charge in [0.2, 0.25) is 0 Å². The number of fused-ring (bicyclic) bond motifs is 2. The molecule has 6 rings (SSSR count). The lowest BCUT2D eigenvalue weighted by Crippen LogP contribution is -2.27. The Balaban J connectivity index is 1.51. The number of rotatable bonds is 6. The van der Waals surface area contributed by atoms with Crippen LogP contribution in [0.1, 0.15) is 44.9 Å². The molecule has 1 aromatic heterocycles. The summed E-state index contributed by atoms with van der Waals surface area (Å²) in [6.45, 7) is 0.0123. The van der Waals surface area contributed by atoms with Gasteiger partial charge in [-0.05, 0) is 41.0 Å². The molecule has 0 fully saturated rings. The number of phenolic OH excluding ortho intramolecular Hbond substituents is 1. The molecule has 0 saturated heterocycles. The van der Waals surface area contributed by atoms with Gasteiger partial charge in [0.1, 0.15) is 23.2 Å². The molecule has 0 saturated carbocycles. The van der Waals surface area contributed by atoms with Gasteiger partial charge >= 0.3 is 0 Å². The van der Waals surface area contributed by atoms with Gasteiger partial charge in [-0.2, -0.15) is 0 Å². The Morgan fingerprint density at radius 1 is 0.895 bits per heavy atom. The van der Waals surface area contributed by atoms with Crippen molar-refractivity contribution < 1.29 is 24.1 Å². The maximum Gasteiger partial charge on any atom is 0.260 e. The van der Waals surface area contributed by atoms with E-state index in [0.29, 0.717) is 16.5 Å². The Labute approximate surface area is 218 Å². The number of nitrogens with zero attached hydrogens (tertiary/aromatic N) is 2. The molecule has 2 heterocycles. The van der Waals surface area contributed by atoms with Gasteiger partial charge in [0.25, 0.3) is 5.91 Å². The van der Waals surface area contributed by atoms with Crippen LogP contribution in [0.4, 0.5) is 4.39 Å². The first kappa shape index (κ1) is 23.6. The topological polar surface area (TPSA) is 82.9 Å². The van der Waals surface area contributed by atoms with Crippen LogP contribution >= 0.6 is 0 Å². The highest BCUT2D eigenvalue weighted by Crippen LogP contribution is 2.49. The number of amides is 1. The minimum atomic E-state index is -1.41. The number of ether oxygens (including phenoxy) is 1. The number of hydrogen-bond acceptors (Lipinski definition) is 5. The Morgan fingerprint density at radius 2 is 1.53 bits per heavy atom. The predicted molar refractivity (Wildman–Crippen MR) is 140 cm³/mol. The van der Waals surface area contributed by atoms with Gasteiger partial charge in [-0.3, -0.25) is 9.78 Å². The smallest absolute Gasteiger partial charge is 0.260 e. The number of benzene rings is 4. The van der Waals surface area contributed by atoms with Crippen molar-refractivity contribution in [1.29, 1.82) is 0 Å². The molecular weight excluding hydrogens is 483 g/mol. The van der Waals surface area contributed by atoms with Gasteiger partial charge in [-0.15, -0.1) is 0 Å². The minimum Gasteiger partial charge on any atom is -0.506 e. The first-order valence-electron chi connectivity index (χ1n) is 12.2. The number of carbonyl (C=O) groups is 1. The lowest BCUT2D eigenvalue weighted by Gasteiger charge is -2.25. The van der Waals surface area contributed by atoms with E-state index in [1.807, 2.05) is 60.7 Å². The van der Waals surface area contributed by atoms with E-state index < -0.39 is 24.1 Å². The standard InChI is InChI=1S/C31H23FN2O4/c32-22-15-13-19(14-16-22)18-34-30(36)24-25(31(34)37)29(26-23(27(24)35)12-7-17-33-26)38-28(20-8-3-1-4-9-20)21-10-5-2-6-11-21/h1-17,28,31,35,37H,18H2. The highest BCUT2D eigenvalue weighted by Gasteiger charge is 2.43. The number of phenols is 1. The van der Waals surface area contributed by atoms with E-state index in [9.17, 15) is 19.4 Å². The summed E-state index contributed by atoms with van der Waals surface area (Å²) in [6, 6.07) is 28.3. The van der Waals surface area contributed by atoms with Crippen molar-refractivity contribution >= 4 is 16.8 Å². The fourth-order valence-corrected chi connectivity index (χ4v) is 4.92. The summed E-state index contributed by atoms with van der Waals surface area (Å²) in [7, 11) is 0. The van der Waals surface area contributed by atoms with E-state index in [0.717, 1.165) is 11.1 Å². The monoisotopic (exact) mass is 506 g/mol. The summed E-state index contributed by atoms with van der Waals surface area (Å²) in [5, 5.41) is 23.0. The normalized spacial score (nSPS) is 14.8. The molecule has 5 aromatic rings. The Hall–Kier alpha value is -4.75. The summed E-state index contributed by atoms with van der Waals surface area (Å²) >= 11 is 0. The third-order valence-electron chi connectivity index (χ3n) is 6.76. The van der Waals surface area contributed by atoms with Gasteiger partial charge in [-0.1, -0.05) is 72.8 Å². The molecular formula is C31H23FN2O4. The van der Waals surface area contributed by atoms with Crippen molar-refractivity contribution in [3.05, 3.63) is 137 Å². The third kappa shape index (κ3) is 4.03. The van der Waals surface area contributed by atoms with E-state index >= 15 is 0 Å². The fraction of sp³-hybridized carbons (Fsp3) is 0.0968. The first-order chi connectivity index (χ1) is 18.5. The second kappa shape index (κ2) is 9.61. The maximum absolute atomic E-state index is 13.6. The molecule has 0 radical (unpaired) electrons. The van der Waals surface area contributed by atoms with Gasteiger partial charge in [0, 0.05) is 18.1 Å². The van der Waals surface area contributed by atoms with Crippen molar-refractivity contribution in [3.63, 3.8) is 0 Å².